The van der Waals surface area contributed by atoms with Crippen LogP contribution in [0.2, 0.25) is 0 Å². The van der Waals surface area contributed by atoms with Crippen molar-refractivity contribution >= 4 is 15.7 Å². The third-order valence-corrected chi connectivity index (χ3v) is 3.93. The van der Waals surface area contributed by atoms with E-state index in [1.807, 2.05) is 0 Å². The summed E-state index contributed by atoms with van der Waals surface area (Å²) >= 11 is 0. The Bertz CT molecular complexity index is 778. The molecule has 1 aromatic carbocycles. The van der Waals surface area contributed by atoms with Gasteiger partial charge in [0.05, 0.1) is 11.9 Å². The van der Waals surface area contributed by atoms with E-state index in [-0.39, 0.29) is 4.90 Å². The zero-order chi connectivity index (χ0) is 14.0. The molecule has 3 aromatic rings. The molecule has 8 nitrogen and oxygen atoms in total. The fourth-order valence-corrected chi connectivity index (χ4v) is 2.59. The van der Waals surface area contributed by atoms with E-state index in [0.717, 1.165) is 5.69 Å². The number of nitrogens with one attached hydrogen (secondary N) is 2. The van der Waals surface area contributed by atoms with Gasteiger partial charge in [0, 0.05) is 11.9 Å². The zero-order valence-corrected chi connectivity index (χ0v) is 10.9. The van der Waals surface area contributed by atoms with Crippen molar-refractivity contribution < 1.29 is 8.42 Å². The maximum Gasteiger partial charge on any atom is 0.265 e. The van der Waals surface area contributed by atoms with Gasteiger partial charge >= 0.3 is 0 Å². The van der Waals surface area contributed by atoms with E-state index in [2.05, 4.69) is 25.0 Å². The van der Waals surface area contributed by atoms with Crippen LogP contribution >= 0.6 is 0 Å². The standard InChI is InChI=1S/C11H10N6O2S/c18-20(19,11-5-13-14-6-11)16-9-1-3-10(4-2-9)17-8-12-7-15-17/h1-8,16H,(H,13,14). The highest BCUT2D eigenvalue weighted by Gasteiger charge is 2.15. The summed E-state index contributed by atoms with van der Waals surface area (Å²) in [6.45, 7) is 0. The van der Waals surface area contributed by atoms with Gasteiger partial charge in [-0.25, -0.2) is 18.1 Å². The second-order valence-electron chi connectivity index (χ2n) is 3.93. The number of hydrogen-bond donors (Lipinski definition) is 2. The van der Waals surface area contributed by atoms with Crippen LogP contribution in [-0.4, -0.2) is 33.4 Å². The molecule has 0 spiro atoms. The minimum Gasteiger partial charge on any atom is -0.284 e. The first-order valence-electron chi connectivity index (χ1n) is 5.62. The number of aromatic nitrogens is 5. The molecule has 2 heterocycles. The molecule has 0 aliphatic carbocycles. The summed E-state index contributed by atoms with van der Waals surface area (Å²) < 4.78 is 28.0. The minimum atomic E-state index is -3.62. The lowest BCUT2D eigenvalue weighted by atomic mass is 10.3. The quantitative estimate of drug-likeness (QED) is 0.739. The first-order valence-corrected chi connectivity index (χ1v) is 7.10. The Morgan fingerprint density at radius 2 is 2.00 bits per heavy atom. The molecule has 3 rings (SSSR count). The molecule has 0 fully saturated rings. The van der Waals surface area contributed by atoms with Crippen molar-refractivity contribution in [2.45, 2.75) is 4.90 Å². The van der Waals surface area contributed by atoms with E-state index in [0.29, 0.717) is 5.69 Å². The van der Waals surface area contributed by atoms with Crippen molar-refractivity contribution in [3.05, 3.63) is 49.3 Å². The SMILES string of the molecule is O=S(=O)(Nc1ccc(-n2cncn2)cc1)c1cn[nH]c1. The van der Waals surface area contributed by atoms with Crippen LogP contribution in [0.5, 0.6) is 0 Å². The van der Waals surface area contributed by atoms with Crippen LogP contribution in [0.15, 0.2) is 54.2 Å². The number of aromatic amines is 1. The van der Waals surface area contributed by atoms with E-state index in [9.17, 15) is 8.42 Å². The monoisotopic (exact) mass is 290 g/mol. The summed E-state index contributed by atoms with van der Waals surface area (Å²) in [6, 6.07) is 6.77. The lowest BCUT2D eigenvalue weighted by Crippen LogP contribution is -2.12. The molecule has 0 atom stereocenters. The third kappa shape index (κ3) is 2.38. The molecular weight excluding hydrogens is 280 g/mol. The van der Waals surface area contributed by atoms with Crippen molar-refractivity contribution in [3.63, 3.8) is 0 Å². The summed E-state index contributed by atoms with van der Waals surface area (Å²) in [5.74, 6) is 0. The average Bonchev–Trinajstić information content (AvgIpc) is 3.13. The van der Waals surface area contributed by atoms with Gasteiger partial charge < -0.3 is 0 Å². The summed E-state index contributed by atoms with van der Waals surface area (Å²) in [6.07, 6.45) is 5.54. The zero-order valence-electron chi connectivity index (χ0n) is 10.1. The van der Waals surface area contributed by atoms with E-state index in [1.54, 1.807) is 35.3 Å². The van der Waals surface area contributed by atoms with E-state index < -0.39 is 10.0 Å². The largest absolute Gasteiger partial charge is 0.284 e. The van der Waals surface area contributed by atoms with Crippen LogP contribution in [0.4, 0.5) is 5.69 Å². The molecule has 2 aromatic heterocycles. The highest BCUT2D eigenvalue weighted by molar-refractivity contribution is 7.92. The molecule has 0 aliphatic rings. The topological polar surface area (TPSA) is 106 Å². The Hall–Kier alpha value is -2.68. The van der Waals surface area contributed by atoms with E-state index >= 15 is 0 Å². The number of sulfonamides is 1. The number of anilines is 1. The highest BCUT2D eigenvalue weighted by Crippen LogP contribution is 2.16. The molecule has 20 heavy (non-hydrogen) atoms. The predicted octanol–water partition coefficient (Wildman–Crippen LogP) is 0.791. The Balaban J connectivity index is 1.83. The predicted molar refractivity (Wildman–Crippen MR) is 70.8 cm³/mol. The molecule has 0 bridgehead atoms. The number of H-pyrrole nitrogens is 1. The lowest BCUT2D eigenvalue weighted by molar-refractivity contribution is 0.601. The van der Waals surface area contributed by atoms with Crippen LogP contribution in [0.1, 0.15) is 0 Å². The van der Waals surface area contributed by atoms with Gasteiger partial charge in [0.2, 0.25) is 0 Å². The van der Waals surface area contributed by atoms with Gasteiger partial charge in [-0.2, -0.15) is 10.2 Å². The molecule has 0 unspecified atom stereocenters. The number of hydrogen-bond acceptors (Lipinski definition) is 5. The minimum absolute atomic E-state index is 0.0813. The molecule has 102 valence electrons. The summed E-state index contributed by atoms with van der Waals surface area (Å²) in [7, 11) is -3.62. The van der Waals surface area contributed by atoms with Gasteiger partial charge in [-0.05, 0) is 24.3 Å². The molecule has 0 aliphatic heterocycles. The molecule has 2 N–H and O–H groups in total. The Labute approximate surface area is 114 Å². The Kier molecular flexibility index (Phi) is 2.95. The van der Waals surface area contributed by atoms with Crippen molar-refractivity contribution in [2.24, 2.45) is 0 Å². The molecule has 0 saturated heterocycles. The van der Waals surface area contributed by atoms with Crippen LogP contribution in [0.3, 0.4) is 0 Å². The Morgan fingerprint density at radius 3 is 2.60 bits per heavy atom. The average molecular weight is 290 g/mol. The number of benzene rings is 1. The van der Waals surface area contributed by atoms with Gasteiger partial charge in [0.25, 0.3) is 10.0 Å². The maximum atomic E-state index is 12.0. The second-order valence-corrected chi connectivity index (χ2v) is 5.61. The van der Waals surface area contributed by atoms with Gasteiger partial charge in [0.1, 0.15) is 17.6 Å². The fraction of sp³-hybridized carbons (Fsp3) is 0. The van der Waals surface area contributed by atoms with Crippen LogP contribution < -0.4 is 4.72 Å². The normalized spacial score (nSPS) is 11.4. The highest BCUT2D eigenvalue weighted by atomic mass is 32.2. The molecule has 0 amide bonds. The summed E-state index contributed by atoms with van der Waals surface area (Å²) in [4.78, 5) is 3.93. The Morgan fingerprint density at radius 1 is 1.20 bits per heavy atom. The van der Waals surface area contributed by atoms with Gasteiger partial charge in [-0.3, -0.25) is 9.82 Å². The summed E-state index contributed by atoms with van der Waals surface area (Å²) in [5, 5.41) is 10.1. The van der Waals surface area contributed by atoms with Gasteiger partial charge in [-0.1, -0.05) is 0 Å². The van der Waals surface area contributed by atoms with Crippen molar-refractivity contribution in [2.75, 3.05) is 4.72 Å². The molecule has 0 radical (unpaired) electrons. The number of nitrogens with zero attached hydrogens (tertiary/aromatic N) is 4. The smallest absolute Gasteiger partial charge is 0.265 e. The first-order chi connectivity index (χ1) is 9.65. The second kappa shape index (κ2) is 4.78. The fourth-order valence-electron chi connectivity index (χ4n) is 1.62. The van der Waals surface area contributed by atoms with Crippen molar-refractivity contribution in [3.8, 4) is 5.69 Å². The molecular formula is C11H10N6O2S. The maximum absolute atomic E-state index is 12.0. The van der Waals surface area contributed by atoms with E-state index in [4.69, 9.17) is 0 Å². The summed E-state index contributed by atoms with van der Waals surface area (Å²) in [5.41, 5.74) is 1.24. The number of rotatable bonds is 4. The van der Waals surface area contributed by atoms with Crippen LogP contribution in [0, 0.1) is 0 Å². The van der Waals surface area contributed by atoms with Crippen LogP contribution in [-0.2, 0) is 10.0 Å². The van der Waals surface area contributed by atoms with Crippen LogP contribution in [0.25, 0.3) is 5.69 Å². The van der Waals surface area contributed by atoms with Crippen molar-refractivity contribution in [1.29, 1.82) is 0 Å². The molecule has 9 heteroatoms. The third-order valence-electron chi connectivity index (χ3n) is 2.59. The van der Waals surface area contributed by atoms with Crippen molar-refractivity contribution in [1.82, 2.24) is 25.0 Å². The lowest BCUT2D eigenvalue weighted by Gasteiger charge is -2.07. The van der Waals surface area contributed by atoms with Gasteiger partial charge in [0.15, 0.2) is 0 Å². The molecule has 0 saturated carbocycles. The van der Waals surface area contributed by atoms with Gasteiger partial charge in [-0.15, -0.1) is 0 Å². The first kappa shape index (κ1) is 12.4. The van der Waals surface area contributed by atoms with E-state index in [1.165, 1.54) is 18.7 Å².